The van der Waals surface area contributed by atoms with Gasteiger partial charge < -0.3 is 26.2 Å². The number of carbonyl (C=O) groups excluding carboxylic acids is 5. The van der Waals surface area contributed by atoms with Crippen LogP contribution in [0.4, 0.5) is 4.79 Å². The Morgan fingerprint density at radius 1 is 0.979 bits per heavy atom. The Bertz CT molecular complexity index is 1000. The van der Waals surface area contributed by atoms with E-state index in [-0.39, 0.29) is 17.9 Å². The lowest BCUT2D eigenvalue weighted by atomic mass is 9.85. The van der Waals surface area contributed by atoms with E-state index in [1.165, 1.54) is 43.7 Å². The van der Waals surface area contributed by atoms with Gasteiger partial charge in [-0.15, -0.1) is 6.58 Å². The number of hydrazone groups is 1. The van der Waals surface area contributed by atoms with Gasteiger partial charge in [0.2, 0.25) is 17.6 Å². The molecule has 4 unspecified atom stereocenters. The van der Waals surface area contributed by atoms with Gasteiger partial charge in [-0.2, -0.15) is 5.10 Å². The highest BCUT2D eigenvalue weighted by Crippen LogP contribution is 2.25. The molecule has 0 radical (unpaired) electrons. The van der Waals surface area contributed by atoms with Gasteiger partial charge in [-0.3, -0.25) is 24.6 Å². The number of nitrogens with two attached hydrogens (primary N) is 1. The third kappa shape index (κ3) is 19.7. The maximum Gasteiger partial charge on any atom is 0.316 e. The molecule has 12 heteroatoms. The highest BCUT2D eigenvalue weighted by molar-refractivity contribution is 6.37. The van der Waals surface area contributed by atoms with Crippen LogP contribution in [0.3, 0.4) is 0 Å². The van der Waals surface area contributed by atoms with Crippen LogP contribution in [0.25, 0.3) is 0 Å². The fraction of sp³-hybridized carbons (Fsp3) is 0.771. The lowest BCUT2D eigenvalue weighted by Gasteiger charge is -2.35. The molecule has 1 saturated heterocycles. The number of hydrogen-bond donors (Lipinski definition) is 4. The second-order valence-corrected chi connectivity index (χ2v) is 14.2. The fourth-order valence-corrected chi connectivity index (χ4v) is 4.21. The summed E-state index contributed by atoms with van der Waals surface area (Å²) in [6, 6.07) is -3.53. The molecule has 0 bridgehead atoms. The minimum Gasteiger partial charge on any atom is -0.363 e. The number of ketones is 1. The Kier molecular flexibility index (Phi) is 23.1. The largest absolute Gasteiger partial charge is 0.363 e. The molecule has 1 heterocycles. The van der Waals surface area contributed by atoms with Crippen molar-refractivity contribution in [2.75, 3.05) is 20.1 Å². The van der Waals surface area contributed by atoms with Gasteiger partial charge in [-0.1, -0.05) is 94.1 Å². The summed E-state index contributed by atoms with van der Waals surface area (Å²) in [6.45, 7) is 26.0. The van der Waals surface area contributed by atoms with Crippen LogP contribution in [-0.2, 0) is 19.2 Å². The van der Waals surface area contributed by atoms with Crippen molar-refractivity contribution >= 4 is 35.8 Å². The molecule has 47 heavy (non-hydrogen) atoms. The van der Waals surface area contributed by atoms with Crippen LogP contribution in [-0.4, -0.2) is 89.9 Å². The second kappa shape index (κ2) is 23.8. The predicted octanol–water partition coefficient (Wildman–Crippen LogP) is 4.63. The van der Waals surface area contributed by atoms with E-state index in [1.54, 1.807) is 24.9 Å². The number of amides is 5. The first-order valence-corrected chi connectivity index (χ1v) is 17.1. The third-order valence-corrected chi connectivity index (χ3v) is 7.01. The number of Topliss-reactive ketones (excluding diaryl/α,β-unsaturated/α-hetero) is 1. The summed E-state index contributed by atoms with van der Waals surface area (Å²) in [5.74, 6) is -0.529. The SMILES string of the molecule is C=CCN(C)C(=O)C(C)NC(=O)NC(C(=O)N1CCCC1C=NNC(C)C(=O)C(N)=O)C(C)(C)C.CC(C)C.CC1CCC1.CCC. The molecule has 4 atom stereocenters. The molecule has 2 aliphatic rings. The van der Waals surface area contributed by atoms with Crippen molar-refractivity contribution in [2.24, 2.45) is 28.1 Å². The van der Waals surface area contributed by atoms with Gasteiger partial charge in [0.1, 0.15) is 18.1 Å². The number of likely N-dealkylation sites (N-methyl/N-ethyl adjacent to an activating group) is 1. The number of primary amides is 1. The van der Waals surface area contributed by atoms with Gasteiger partial charge in [0.15, 0.2) is 0 Å². The number of rotatable bonds is 11. The van der Waals surface area contributed by atoms with Crippen LogP contribution < -0.4 is 21.8 Å². The quantitative estimate of drug-likeness (QED) is 0.109. The van der Waals surface area contributed by atoms with Gasteiger partial charge in [0, 0.05) is 26.4 Å². The molecule has 0 aromatic rings. The number of nitrogens with one attached hydrogen (secondary N) is 3. The smallest absolute Gasteiger partial charge is 0.316 e. The van der Waals surface area contributed by atoms with Gasteiger partial charge in [-0.05, 0) is 43.9 Å². The van der Waals surface area contributed by atoms with Crippen molar-refractivity contribution < 1.29 is 24.0 Å². The number of nitrogens with zero attached hydrogens (tertiary/aromatic N) is 3. The summed E-state index contributed by atoms with van der Waals surface area (Å²) in [5.41, 5.74) is 6.92. The van der Waals surface area contributed by atoms with Crippen molar-refractivity contribution in [1.29, 1.82) is 0 Å². The predicted molar refractivity (Wildman–Crippen MR) is 192 cm³/mol. The van der Waals surface area contributed by atoms with Crippen molar-refractivity contribution in [3.63, 3.8) is 0 Å². The minimum absolute atomic E-state index is 0.286. The van der Waals surface area contributed by atoms with E-state index in [1.807, 2.05) is 20.8 Å². The molecule has 0 aromatic carbocycles. The summed E-state index contributed by atoms with van der Waals surface area (Å²) in [5, 5.41) is 9.33. The van der Waals surface area contributed by atoms with Gasteiger partial charge >= 0.3 is 6.03 Å². The summed E-state index contributed by atoms with van der Waals surface area (Å²) in [4.78, 5) is 64.1. The molecule has 5 N–H and O–H groups in total. The topological polar surface area (TPSA) is 166 Å². The maximum absolute atomic E-state index is 13.4. The lowest BCUT2D eigenvalue weighted by molar-refractivity contribution is -0.136. The van der Waals surface area contributed by atoms with E-state index >= 15 is 0 Å². The van der Waals surface area contributed by atoms with E-state index in [2.05, 4.69) is 69.3 Å². The average Bonchev–Trinajstić information content (AvgIpc) is 3.42. The van der Waals surface area contributed by atoms with Crippen LogP contribution in [0.5, 0.6) is 0 Å². The Morgan fingerprint density at radius 3 is 1.89 bits per heavy atom. The highest BCUT2D eigenvalue weighted by atomic mass is 16.2. The fourth-order valence-electron chi connectivity index (χ4n) is 4.21. The van der Waals surface area contributed by atoms with Crippen LogP contribution in [0, 0.1) is 17.3 Å². The summed E-state index contributed by atoms with van der Waals surface area (Å²) >= 11 is 0. The van der Waals surface area contributed by atoms with Crippen LogP contribution in [0.15, 0.2) is 17.8 Å². The highest BCUT2D eigenvalue weighted by Gasteiger charge is 2.39. The third-order valence-electron chi connectivity index (χ3n) is 7.01. The summed E-state index contributed by atoms with van der Waals surface area (Å²) < 4.78 is 0. The molecule has 272 valence electrons. The number of likely N-dealkylation sites (tertiary alicyclic amines) is 1. The van der Waals surface area contributed by atoms with E-state index in [0.29, 0.717) is 19.5 Å². The lowest BCUT2D eigenvalue weighted by Crippen LogP contribution is -2.59. The number of carbonyl (C=O) groups is 5. The molecule has 0 spiro atoms. The van der Waals surface area contributed by atoms with Gasteiger partial charge in [-0.25, -0.2) is 4.79 Å². The second-order valence-electron chi connectivity index (χ2n) is 14.2. The molecule has 0 aromatic heterocycles. The van der Waals surface area contributed by atoms with E-state index in [0.717, 1.165) is 18.3 Å². The minimum atomic E-state index is -1.06. The first kappa shape index (κ1) is 45.7. The van der Waals surface area contributed by atoms with Gasteiger partial charge in [0.05, 0.1) is 6.04 Å². The molecular formula is C35H67N7O5. The normalized spacial score (nSPS) is 17.6. The molecule has 2 rings (SSSR count). The Morgan fingerprint density at radius 2 is 1.49 bits per heavy atom. The van der Waals surface area contributed by atoms with Crippen molar-refractivity contribution in [1.82, 2.24) is 25.9 Å². The molecule has 1 saturated carbocycles. The molecule has 5 amide bonds. The van der Waals surface area contributed by atoms with E-state index < -0.39 is 41.3 Å². The van der Waals surface area contributed by atoms with E-state index in [9.17, 15) is 24.0 Å². The van der Waals surface area contributed by atoms with Gasteiger partial charge in [0.25, 0.3) is 5.91 Å². The van der Waals surface area contributed by atoms with Crippen LogP contribution >= 0.6 is 0 Å². The van der Waals surface area contributed by atoms with E-state index in [4.69, 9.17) is 5.73 Å². The molecule has 1 aliphatic carbocycles. The zero-order valence-electron chi connectivity index (χ0n) is 31.4. The Hall–Kier alpha value is -3.44. The molecular weight excluding hydrogens is 598 g/mol. The summed E-state index contributed by atoms with van der Waals surface area (Å²) in [6.07, 6.45) is 10.2. The van der Waals surface area contributed by atoms with Crippen LogP contribution in [0.1, 0.15) is 115 Å². The number of hydrogen-bond acceptors (Lipinski definition) is 7. The van der Waals surface area contributed by atoms with Crippen molar-refractivity contribution in [3.8, 4) is 0 Å². The zero-order chi connectivity index (χ0) is 36.9. The summed E-state index contributed by atoms with van der Waals surface area (Å²) in [7, 11) is 1.61. The standard InChI is InChI=1S/C23H39N7O5.C5H10.C4H10.C3H8/c1-8-11-29(7)20(33)15(3)26-22(35)27-18(23(4,5)6)21(34)30-12-9-10-16(30)13-25-28-14(2)17(31)19(24)32;1-5-3-2-4-5;1-4(2)3;1-3-2/h8,13-16,18,28H,1,9-12H2,2-7H3,(H2,24,32)(H2,26,27,35);5H,2-4H2,1H3;4H,1-3H3;3H2,1-2H3. The first-order valence-electron chi connectivity index (χ1n) is 17.1. The average molecular weight is 666 g/mol. The number of urea groups is 1. The first-order chi connectivity index (χ1) is 21.7. The van der Waals surface area contributed by atoms with Crippen molar-refractivity contribution in [2.45, 2.75) is 139 Å². The van der Waals surface area contributed by atoms with Crippen molar-refractivity contribution in [3.05, 3.63) is 12.7 Å². The monoisotopic (exact) mass is 666 g/mol. The zero-order valence-corrected chi connectivity index (χ0v) is 31.4. The molecule has 12 nitrogen and oxygen atoms in total. The Labute approximate surface area is 285 Å². The maximum atomic E-state index is 13.4. The molecule has 1 aliphatic heterocycles. The van der Waals surface area contributed by atoms with Crippen LogP contribution in [0.2, 0.25) is 0 Å². The molecule has 2 fully saturated rings. The Balaban J connectivity index is 0.